The van der Waals surface area contributed by atoms with Crippen LogP contribution in [0.3, 0.4) is 0 Å². The fourth-order valence-corrected chi connectivity index (χ4v) is 2.44. The number of carbonyl (C=O) groups excluding carboxylic acids is 1. The second-order valence-electron chi connectivity index (χ2n) is 5.22. The molecule has 0 saturated heterocycles. The third-order valence-corrected chi connectivity index (χ3v) is 3.50. The van der Waals surface area contributed by atoms with E-state index in [2.05, 4.69) is 6.92 Å². The average Bonchev–Trinajstić information content (AvgIpc) is 2.20. The molecule has 1 rings (SSSR count). The number of nitrogens with two attached hydrogens (primary N) is 1. The highest BCUT2D eigenvalue weighted by Gasteiger charge is 2.31. The van der Waals surface area contributed by atoms with Gasteiger partial charge in [-0.05, 0) is 32.1 Å². The lowest BCUT2D eigenvalue weighted by Gasteiger charge is -2.33. The Morgan fingerprint density at radius 2 is 2.19 bits per heavy atom. The van der Waals surface area contributed by atoms with Gasteiger partial charge in [0.2, 0.25) is 5.91 Å². The second kappa shape index (κ2) is 5.64. The smallest absolute Gasteiger partial charge is 0.225 e. The highest BCUT2D eigenvalue weighted by molar-refractivity contribution is 5.78. The molecule has 4 heteroatoms. The maximum absolute atomic E-state index is 12.1. The summed E-state index contributed by atoms with van der Waals surface area (Å²) < 4.78 is 0. The number of likely N-dealkylation sites (N-methyl/N-ethyl adjacent to an activating group) is 1. The van der Waals surface area contributed by atoms with Crippen molar-refractivity contribution in [2.45, 2.75) is 45.3 Å². The standard InChI is InChI=1S/C12H24N2O2/c1-8-6-10(4-5-11(8)13)12(16)14(3)7-9(2)15/h8-11,15H,4-7,13H2,1-3H3. The highest BCUT2D eigenvalue weighted by Crippen LogP contribution is 2.29. The monoisotopic (exact) mass is 228 g/mol. The molecular formula is C12H24N2O2. The summed E-state index contributed by atoms with van der Waals surface area (Å²) in [5, 5.41) is 9.25. The van der Waals surface area contributed by atoms with E-state index in [1.807, 2.05) is 0 Å². The Balaban J connectivity index is 2.48. The van der Waals surface area contributed by atoms with Gasteiger partial charge in [0.1, 0.15) is 0 Å². The maximum Gasteiger partial charge on any atom is 0.225 e. The largest absolute Gasteiger partial charge is 0.392 e. The first-order valence-corrected chi connectivity index (χ1v) is 6.10. The Labute approximate surface area is 97.8 Å². The topological polar surface area (TPSA) is 66.6 Å². The van der Waals surface area contributed by atoms with Gasteiger partial charge in [0.15, 0.2) is 0 Å². The molecule has 1 amide bonds. The van der Waals surface area contributed by atoms with Crippen LogP contribution in [0.15, 0.2) is 0 Å². The minimum absolute atomic E-state index is 0.0959. The van der Waals surface area contributed by atoms with E-state index in [-0.39, 0.29) is 17.9 Å². The number of nitrogens with zero attached hydrogens (tertiary/aromatic N) is 1. The van der Waals surface area contributed by atoms with E-state index >= 15 is 0 Å². The van der Waals surface area contributed by atoms with Gasteiger partial charge in [-0.1, -0.05) is 6.92 Å². The van der Waals surface area contributed by atoms with Gasteiger partial charge < -0.3 is 15.7 Å². The minimum Gasteiger partial charge on any atom is -0.392 e. The molecular weight excluding hydrogens is 204 g/mol. The molecule has 94 valence electrons. The van der Waals surface area contributed by atoms with Crippen molar-refractivity contribution in [1.82, 2.24) is 4.90 Å². The third kappa shape index (κ3) is 3.46. The summed E-state index contributed by atoms with van der Waals surface area (Å²) in [6.45, 7) is 4.22. The van der Waals surface area contributed by atoms with Crippen LogP contribution >= 0.6 is 0 Å². The van der Waals surface area contributed by atoms with E-state index in [0.717, 1.165) is 19.3 Å². The fraction of sp³-hybridized carbons (Fsp3) is 0.917. The molecule has 0 aromatic heterocycles. The first kappa shape index (κ1) is 13.5. The third-order valence-electron chi connectivity index (χ3n) is 3.50. The predicted octanol–water partition coefficient (Wildman–Crippen LogP) is 0.589. The van der Waals surface area contributed by atoms with Crippen LogP contribution in [0.1, 0.15) is 33.1 Å². The predicted molar refractivity (Wildman–Crippen MR) is 63.8 cm³/mol. The molecule has 4 nitrogen and oxygen atoms in total. The summed E-state index contributed by atoms with van der Waals surface area (Å²) in [5.41, 5.74) is 5.93. The second-order valence-corrected chi connectivity index (χ2v) is 5.22. The van der Waals surface area contributed by atoms with Gasteiger partial charge in [-0.3, -0.25) is 4.79 Å². The van der Waals surface area contributed by atoms with Gasteiger partial charge in [-0.25, -0.2) is 0 Å². The Morgan fingerprint density at radius 1 is 1.56 bits per heavy atom. The van der Waals surface area contributed by atoms with Crippen molar-refractivity contribution in [2.24, 2.45) is 17.6 Å². The van der Waals surface area contributed by atoms with Gasteiger partial charge in [0.05, 0.1) is 6.10 Å². The summed E-state index contributed by atoms with van der Waals surface area (Å²) in [5.74, 6) is 0.667. The molecule has 4 unspecified atom stereocenters. The molecule has 16 heavy (non-hydrogen) atoms. The van der Waals surface area contributed by atoms with Crippen molar-refractivity contribution in [2.75, 3.05) is 13.6 Å². The number of aliphatic hydroxyl groups excluding tert-OH is 1. The normalized spacial score (nSPS) is 32.2. The van der Waals surface area contributed by atoms with Crippen LogP contribution in [0.25, 0.3) is 0 Å². The lowest BCUT2D eigenvalue weighted by atomic mass is 9.79. The number of rotatable bonds is 3. The fourth-order valence-electron chi connectivity index (χ4n) is 2.44. The molecule has 0 radical (unpaired) electrons. The van der Waals surface area contributed by atoms with Crippen LogP contribution in [0.2, 0.25) is 0 Å². The van der Waals surface area contributed by atoms with Crippen LogP contribution < -0.4 is 5.73 Å². The van der Waals surface area contributed by atoms with Crippen molar-refractivity contribution in [3.63, 3.8) is 0 Å². The van der Waals surface area contributed by atoms with Crippen molar-refractivity contribution >= 4 is 5.91 Å². The van der Waals surface area contributed by atoms with Gasteiger partial charge in [-0.2, -0.15) is 0 Å². The number of hydrogen-bond acceptors (Lipinski definition) is 3. The van der Waals surface area contributed by atoms with Gasteiger partial charge >= 0.3 is 0 Å². The number of aliphatic hydroxyl groups is 1. The number of hydrogen-bond donors (Lipinski definition) is 2. The summed E-state index contributed by atoms with van der Waals surface area (Å²) in [4.78, 5) is 13.7. The zero-order valence-corrected chi connectivity index (χ0v) is 10.5. The number of carbonyl (C=O) groups is 1. The van der Waals surface area contributed by atoms with E-state index in [1.165, 1.54) is 0 Å². The Kier molecular flexibility index (Phi) is 4.74. The van der Waals surface area contributed by atoms with Gasteiger partial charge in [-0.15, -0.1) is 0 Å². The molecule has 1 aliphatic rings. The van der Waals surface area contributed by atoms with E-state index < -0.39 is 6.10 Å². The van der Waals surface area contributed by atoms with Crippen LogP contribution in [0.4, 0.5) is 0 Å². The Hall–Kier alpha value is -0.610. The molecule has 0 aromatic carbocycles. The van der Waals surface area contributed by atoms with Crippen molar-refractivity contribution < 1.29 is 9.90 Å². The zero-order valence-electron chi connectivity index (χ0n) is 10.5. The summed E-state index contributed by atoms with van der Waals surface area (Å²) >= 11 is 0. The molecule has 0 heterocycles. The summed E-state index contributed by atoms with van der Waals surface area (Å²) in [6.07, 6.45) is 2.23. The van der Waals surface area contributed by atoms with E-state index in [1.54, 1.807) is 18.9 Å². The zero-order chi connectivity index (χ0) is 12.3. The van der Waals surface area contributed by atoms with Crippen LogP contribution in [0.5, 0.6) is 0 Å². The molecule has 0 aliphatic heterocycles. The summed E-state index contributed by atoms with van der Waals surface area (Å²) in [7, 11) is 1.76. The molecule has 3 N–H and O–H groups in total. The summed E-state index contributed by atoms with van der Waals surface area (Å²) in [6, 6.07) is 0.242. The van der Waals surface area contributed by atoms with Crippen LogP contribution in [-0.4, -0.2) is 41.7 Å². The molecule has 1 fully saturated rings. The lowest BCUT2D eigenvalue weighted by Crippen LogP contribution is -2.42. The molecule has 1 aliphatic carbocycles. The molecule has 4 atom stereocenters. The van der Waals surface area contributed by atoms with Gasteiger partial charge in [0, 0.05) is 25.6 Å². The Morgan fingerprint density at radius 3 is 2.69 bits per heavy atom. The minimum atomic E-state index is -0.461. The van der Waals surface area contributed by atoms with Crippen LogP contribution in [-0.2, 0) is 4.79 Å². The van der Waals surface area contributed by atoms with E-state index in [4.69, 9.17) is 5.73 Å². The van der Waals surface area contributed by atoms with Crippen LogP contribution in [0, 0.1) is 11.8 Å². The first-order valence-electron chi connectivity index (χ1n) is 6.10. The van der Waals surface area contributed by atoms with Crippen molar-refractivity contribution in [1.29, 1.82) is 0 Å². The van der Waals surface area contributed by atoms with Crippen molar-refractivity contribution in [3.05, 3.63) is 0 Å². The van der Waals surface area contributed by atoms with E-state index in [9.17, 15) is 9.90 Å². The maximum atomic E-state index is 12.1. The average molecular weight is 228 g/mol. The van der Waals surface area contributed by atoms with Gasteiger partial charge in [0.25, 0.3) is 0 Å². The van der Waals surface area contributed by atoms with Crippen molar-refractivity contribution in [3.8, 4) is 0 Å². The highest BCUT2D eigenvalue weighted by atomic mass is 16.3. The molecule has 1 saturated carbocycles. The molecule has 0 spiro atoms. The Bertz CT molecular complexity index is 243. The first-order chi connectivity index (χ1) is 7.41. The lowest BCUT2D eigenvalue weighted by molar-refractivity contribution is -0.137. The molecule has 0 bridgehead atoms. The van der Waals surface area contributed by atoms with E-state index in [0.29, 0.717) is 12.5 Å². The number of amides is 1. The SMILES string of the molecule is CC(O)CN(C)C(=O)C1CCC(N)C(C)C1. The molecule has 0 aromatic rings. The quantitative estimate of drug-likeness (QED) is 0.743.